The molecule has 1 aliphatic rings. The van der Waals surface area contributed by atoms with Gasteiger partial charge in [-0.25, -0.2) is 4.98 Å². The molecule has 0 bridgehead atoms. The summed E-state index contributed by atoms with van der Waals surface area (Å²) in [5.74, 6) is 1.07. The molecule has 5 rings (SSSR count). The molecule has 36 heavy (non-hydrogen) atoms. The fourth-order valence-electron chi connectivity index (χ4n) is 3.70. The van der Waals surface area contributed by atoms with Crippen LogP contribution in [0, 0.1) is 6.92 Å². The second-order valence-corrected chi connectivity index (χ2v) is 9.79. The van der Waals surface area contributed by atoms with Crippen LogP contribution in [-0.2, 0) is 17.4 Å². The van der Waals surface area contributed by atoms with Crippen molar-refractivity contribution in [3.63, 3.8) is 0 Å². The van der Waals surface area contributed by atoms with Crippen LogP contribution in [0.5, 0.6) is 5.75 Å². The number of hydrogen-bond acceptors (Lipinski definition) is 7. The number of thioether (sulfide) groups is 1. The summed E-state index contributed by atoms with van der Waals surface area (Å²) in [6.07, 6.45) is -2.28. The van der Waals surface area contributed by atoms with Crippen molar-refractivity contribution in [3.05, 3.63) is 75.3 Å². The average Bonchev–Trinajstić information content (AvgIpc) is 3.54. The molecule has 4 aromatic rings. The third-order valence-electron chi connectivity index (χ3n) is 5.48. The number of halogens is 3. The van der Waals surface area contributed by atoms with Crippen molar-refractivity contribution >= 4 is 50.4 Å². The maximum Gasteiger partial charge on any atom is 0.416 e. The van der Waals surface area contributed by atoms with E-state index in [-0.39, 0.29) is 5.89 Å². The number of aromatic nitrogens is 1. The van der Waals surface area contributed by atoms with Crippen molar-refractivity contribution in [2.75, 3.05) is 6.61 Å². The van der Waals surface area contributed by atoms with Gasteiger partial charge in [0.25, 0.3) is 11.1 Å². The predicted molar refractivity (Wildman–Crippen MR) is 132 cm³/mol. The van der Waals surface area contributed by atoms with Crippen LogP contribution in [0.25, 0.3) is 27.6 Å². The van der Waals surface area contributed by atoms with Crippen LogP contribution in [0.2, 0.25) is 0 Å². The van der Waals surface area contributed by atoms with Crippen LogP contribution in [0.4, 0.5) is 18.0 Å². The zero-order valence-electron chi connectivity index (χ0n) is 18.6. The van der Waals surface area contributed by atoms with Crippen molar-refractivity contribution in [2.24, 2.45) is 0 Å². The second-order valence-electron chi connectivity index (χ2n) is 7.86. The molecular weight excluding hydrogens is 513 g/mol. The molecular formula is C25H17F3N2O4S2. The van der Waals surface area contributed by atoms with E-state index in [0.29, 0.717) is 40.7 Å². The maximum atomic E-state index is 12.8. The first-order valence-electron chi connectivity index (χ1n) is 10.7. The molecule has 184 valence electrons. The molecule has 0 spiro atoms. The smallest absolute Gasteiger partial charge is 0.416 e. The molecule has 1 aliphatic heterocycles. The lowest BCUT2D eigenvalue weighted by Crippen LogP contribution is -2.17. The van der Waals surface area contributed by atoms with Crippen molar-refractivity contribution in [2.45, 2.75) is 19.5 Å². The highest BCUT2D eigenvalue weighted by molar-refractivity contribution is 8.18. The number of alkyl halides is 3. The molecule has 1 saturated heterocycles. The number of nitrogens with one attached hydrogen (secondary N) is 1. The van der Waals surface area contributed by atoms with Gasteiger partial charge in [-0.05, 0) is 78.2 Å². The van der Waals surface area contributed by atoms with E-state index >= 15 is 0 Å². The first-order valence-corrected chi connectivity index (χ1v) is 12.4. The Kier molecular flexibility index (Phi) is 6.35. The van der Waals surface area contributed by atoms with Crippen LogP contribution in [0.15, 0.2) is 57.2 Å². The molecule has 6 nitrogen and oxygen atoms in total. The van der Waals surface area contributed by atoms with Crippen LogP contribution in [0.1, 0.15) is 22.6 Å². The lowest BCUT2D eigenvalue weighted by molar-refractivity contribution is -0.137. The number of thiophene rings is 1. The number of imide groups is 1. The minimum absolute atomic E-state index is 0.251. The van der Waals surface area contributed by atoms with Gasteiger partial charge in [0, 0.05) is 22.1 Å². The number of ether oxygens (including phenoxy) is 1. The lowest BCUT2D eigenvalue weighted by atomic mass is 10.1. The summed E-state index contributed by atoms with van der Waals surface area (Å²) in [4.78, 5) is 28.1. The van der Waals surface area contributed by atoms with E-state index in [1.165, 1.54) is 23.5 Å². The molecule has 0 saturated carbocycles. The largest absolute Gasteiger partial charge is 0.493 e. The molecule has 2 amide bonds. The van der Waals surface area contributed by atoms with Gasteiger partial charge in [0.15, 0.2) is 0 Å². The molecule has 0 unspecified atom stereocenters. The minimum Gasteiger partial charge on any atom is -0.493 e. The van der Waals surface area contributed by atoms with Gasteiger partial charge < -0.3 is 9.15 Å². The summed E-state index contributed by atoms with van der Waals surface area (Å²) in [5.41, 5.74) is 1.19. The summed E-state index contributed by atoms with van der Waals surface area (Å²) >= 11 is 2.37. The zero-order chi connectivity index (χ0) is 25.4. The summed E-state index contributed by atoms with van der Waals surface area (Å²) in [6, 6.07) is 10.2. The number of rotatable bonds is 6. The van der Waals surface area contributed by atoms with Crippen LogP contribution in [0.3, 0.4) is 0 Å². The summed E-state index contributed by atoms with van der Waals surface area (Å²) in [6.45, 7) is 2.05. The van der Waals surface area contributed by atoms with Gasteiger partial charge in [-0.1, -0.05) is 0 Å². The van der Waals surface area contributed by atoms with Gasteiger partial charge >= 0.3 is 6.18 Å². The SMILES string of the molecule is Cc1oc(-c2ccc(C(F)(F)F)cc2)nc1CCOc1ccc(C=C2SC(=O)NC2=O)c2sccc12. The third-order valence-corrected chi connectivity index (χ3v) is 7.26. The van der Waals surface area contributed by atoms with Gasteiger partial charge in [0.05, 0.1) is 22.8 Å². The standard InChI is InChI=1S/C25H17F3N2O4S2/c1-13-18(29-23(34-13)14-2-5-16(6-3-14)25(26,27)28)8-10-33-19-7-4-15(21-17(19)9-11-35-21)12-20-22(31)30-24(32)36-20/h2-7,9,11-12H,8,10H2,1H3,(H,30,31,32). The number of hydrogen-bond donors (Lipinski definition) is 1. The molecule has 2 aromatic heterocycles. The Bertz CT molecular complexity index is 1500. The van der Waals surface area contributed by atoms with Crippen LogP contribution >= 0.6 is 23.1 Å². The first kappa shape index (κ1) is 24.1. The third kappa shape index (κ3) is 4.89. The molecule has 2 aromatic carbocycles. The Hall–Kier alpha value is -3.57. The molecule has 1 N–H and O–H groups in total. The van der Waals surface area contributed by atoms with Gasteiger partial charge in [0.1, 0.15) is 11.5 Å². The number of oxazole rings is 1. The molecule has 0 aliphatic carbocycles. The monoisotopic (exact) mass is 530 g/mol. The van der Waals surface area contributed by atoms with E-state index in [9.17, 15) is 22.8 Å². The normalized spacial score (nSPS) is 15.2. The number of nitrogens with zero attached hydrogens (tertiary/aromatic N) is 1. The Balaban J connectivity index is 1.28. The first-order chi connectivity index (χ1) is 17.2. The highest BCUT2D eigenvalue weighted by atomic mass is 32.2. The van der Waals surface area contributed by atoms with Gasteiger partial charge in [0.2, 0.25) is 5.89 Å². The van der Waals surface area contributed by atoms with Crippen LogP contribution < -0.4 is 10.1 Å². The Labute approximate surface area is 211 Å². The van der Waals surface area contributed by atoms with Crippen molar-refractivity contribution in [1.82, 2.24) is 10.3 Å². The van der Waals surface area contributed by atoms with Crippen LogP contribution in [-0.4, -0.2) is 22.7 Å². The zero-order valence-corrected chi connectivity index (χ0v) is 20.3. The highest BCUT2D eigenvalue weighted by Gasteiger charge is 2.30. The molecule has 3 heterocycles. The lowest BCUT2D eigenvalue weighted by Gasteiger charge is -2.08. The highest BCUT2D eigenvalue weighted by Crippen LogP contribution is 2.36. The van der Waals surface area contributed by atoms with E-state index in [0.717, 1.165) is 39.5 Å². The quantitative estimate of drug-likeness (QED) is 0.275. The van der Waals surface area contributed by atoms with E-state index in [2.05, 4.69) is 10.3 Å². The fourth-order valence-corrected chi connectivity index (χ4v) is 5.27. The molecule has 0 atom stereocenters. The molecule has 0 radical (unpaired) electrons. The fraction of sp³-hybridized carbons (Fsp3) is 0.160. The second kappa shape index (κ2) is 9.47. The van der Waals surface area contributed by atoms with E-state index in [1.54, 1.807) is 13.0 Å². The predicted octanol–water partition coefficient (Wildman–Crippen LogP) is 6.83. The topological polar surface area (TPSA) is 81.4 Å². The Morgan fingerprint density at radius 3 is 2.58 bits per heavy atom. The number of fused-ring (bicyclic) bond motifs is 1. The van der Waals surface area contributed by atoms with Crippen molar-refractivity contribution < 1.29 is 31.9 Å². The average molecular weight is 531 g/mol. The maximum absolute atomic E-state index is 12.8. The number of benzene rings is 2. The van der Waals surface area contributed by atoms with E-state index in [1.807, 2.05) is 23.6 Å². The number of carbonyl (C=O) groups is 2. The Morgan fingerprint density at radius 2 is 1.89 bits per heavy atom. The minimum atomic E-state index is -4.40. The molecule has 1 fully saturated rings. The summed E-state index contributed by atoms with van der Waals surface area (Å²) < 4.78 is 51.0. The van der Waals surface area contributed by atoms with Gasteiger partial charge in [-0.2, -0.15) is 13.2 Å². The van der Waals surface area contributed by atoms with Gasteiger partial charge in [-0.3, -0.25) is 14.9 Å². The number of amides is 2. The Morgan fingerprint density at radius 1 is 1.11 bits per heavy atom. The number of aryl methyl sites for hydroxylation is 1. The number of carbonyl (C=O) groups excluding carboxylic acids is 2. The summed E-state index contributed by atoms with van der Waals surface area (Å²) in [7, 11) is 0. The van der Waals surface area contributed by atoms with Crippen molar-refractivity contribution in [1.29, 1.82) is 0 Å². The van der Waals surface area contributed by atoms with E-state index < -0.39 is 22.9 Å². The van der Waals surface area contributed by atoms with E-state index in [4.69, 9.17) is 9.15 Å². The van der Waals surface area contributed by atoms with Gasteiger partial charge in [-0.15, -0.1) is 11.3 Å². The molecule has 11 heteroatoms. The summed E-state index contributed by atoms with van der Waals surface area (Å²) in [5, 5.41) is 4.66. The van der Waals surface area contributed by atoms with Crippen molar-refractivity contribution in [3.8, 4) is 17.2 Å².